The van der Waals surface area contributed by atoms with Gasteiger partial charge >= 0.3 is 0 Å². The van der Waals surface area contributed by atoms with Gasteiger partial charge < -0.3 is 0 Å². The first-order valence-electron chi connectivity index (χ1n) is 4.29. The highest BCUT2D eigenvalue weighted by molar-refractivity contribution is 9.10. The van der Waals surface area contributed by atoms with E-state index in [4.69, 9.17) is 0 Å². The molecular weight excluding hydrogens is 279 g/mol. The lowest BCUT2D eigenvalue weighted by Crippen LogP contribution is -2.14. The van der Waals surface area contributed by atoms with Gasteiger partial charge in [0.15, 0.2) is 0 Å². The van der Waals surface area contributed by atoms with E-state index in [1.165, 1.54) is 18.5 Å². The van der Waals surface area contributed by atoms with Crippen molar-refractivity contribution in [2.24, 2.45) is 0 Å². The van der Waals surface area contributed by atoms with Gasteiger partial charge in [-0.25, -0.2) is 9.49 Å². The summed E-state index contributed by atoms with van der Waals surface area (Å²) in [6, 6.07) is 4.47. The highest BCUT2D eigenvalue weighted by atomic mass is 79.9. The summed E-state index contributed by atoms with van der Waals surface area (Å²) < 4.78 is 13.8. The Balaban J connectivity index is 2.24. The number of aromatic amines is 1. The fourth-order valence-corrected chi connectivity index (χ4v) is 1.49. The Morgan fingerprint density at radius 1 is 1.50 bits per heavy atom. The Morgan fingerprint density at radius 2 is 2.31 bits per heavy atom. The number of anilines is 1. The summed E-state index contributed by atoms with van der Waals surface area (Å²) in [5, 5.41) is 8.38. The van der Waals surface area contributed by atoms with Gasteiger partial charge in [0, 0.05) is 0 Å². The Morgan fingerprint density at radius 3 is 3.00 bits per heavy atom. The Hall–Kier alpha value is -1.76. The molecule has 7 heteroatoms. The van der Waals surface area contributed by atoms with Crippen molar-refractivity contribution in [1.82, 2.24) is 15.2 Å². The Kier molecular flexibility index (Phi) is 2.95. The topological polar surface area (TPSA) is 70.7 Å². The summed E-state index contributed by atoms with van der Waals surface area (Å²) in [6.45, 7) is 0. The van der Waals surface area contributed by atoms with Crippen molar-refractivity contribution >= 4 is 27.8 Å². The molecule has 5 nitrogen and oxygen atoms in total. The zero-order chi connectivity index (χ0) is 11.5. The number of nitrogens with one attached hydrogen (secondary N) is 2. The van der Waals surface area contributed by atoms with Gasteiger partial charge in [0.25, 0.3) is 5.91 Å². The van der Waals surface area contributed by atoms with Gasteiger partial charge in [-0.15, -0.1) is 0 Å². The number of hydrogen-bond acceptors (Lipinski definition) is 3. The van der Waals surface area contributed by atoms with Gasteiger partial charge in [-0.05, 0) is 28.1 Å². The number of carbonyl (C=O) groups is 1. The zero-order valence-corrected chi connectivity index (χ0v) is 9.45. The number of halogens is 2. The van der Waals surface area contributed by atoms with E-state index in [0.717, 1.165) is 0 Å². The minimum atomic E-state index is -0.612. The largest absolute Gasteiger partial charge is 0.291 e. The molecule has 0 radical (unpaired) electrons. The third-order valence-corrected chi connectivity index (χ3v) is 2.46. The van der Waals surface area contributed by atoms with Crippen LogP contribution in [-0.4, -0.2) is 21.1 Å². The average molecular weight is 285 g/mol. The fraction of sp³-hybridized carbons (Fsp3) is 0. The molecule has 1 heterocycles. The van der Waals surface area contributed by atoms with E-state index in [2.05, 4.69) is 36.4 Å². The van der Waals surface area contributed by atoms with Crippen molar-refractivity contribution in [3.05, 3.63) is 40.4 Å². The third kappa shape index (κ3) is 2.08. The van der Waals surface area contributed by atoms with E-state index >= 15 is 0 Å². The summed E-state index contributed by atoms with van der Waals surface area (Å²) >= 11 is 3.00. The van der Waals surface area contributed by atoms with Crippen LogP contribution in [0.3, 0.4) is 0 Å². The summed E-state index contributed by atoms with van der Waals surface area (Å²) in [4.78, 5) is 15.3. The first kappa shape index (κ1) is 10.7. The maximum absolute atomic E-state index is 13.5. The maximum Gasteiger partial charge on any atom is 0.261 e. The molecule has 0 atom stereocenters. The molecule has 0 unspecified atom stereocenters. The van der Waals surface area contributed by atoms with Crippen LogP contribution in [0.5, 0.6) is 0 Å². The van der Waals surface area contributed by atoms with Gasteiger partial charge in [-0.3, -0.25) is 10.1 Å². The van der Waals surface area contributed by atoms with Crippen LogP contribution in [0.1, 0.15) is 10.4 Å². The molecule has 0 bridgehead atoms. The summed E-state index contributed by atoms with van der Waals surface area (Å²) in [5.74, 6) is -1.03. The second-order valence-electron chi connectivity index (χ2n) is 2.89. The molecular formula is C9H6BrFN4O. The second kappa shape index (κ2) is 4.40. The molecule has 1 aromatic heterocycles. The van der Waals surface area contributed by atoms with Crippen molar-refractivity contribution < 1.29 is 9.18 Å². The van der Waals surface area contributed by atoms with Crippen LogP contribution in [0.15, 0.2) is 29.0 Å². The fourth-order valence-electron chi connectivity index (χ4n) is 1.12. The van der Waals surface area contributed by atoms with Crippen molar-refractivity contribution in [3.63, 3.8) is 0 Å². The van der Waals surface area contributed by atoms with E-state index in [1.54, 1.807) is 6.07 Å². The molecule has 2 rings (SSSR count). The van der Waals surface area contributed by atoms with Crippen molar-refractivity contribution in [1.29, 1.82) is 0 Å². The van der Waals surface area contributed by atoms with Crippen molar-refractivity contribution in [3.8, 4) is 0 Å². The molecule has 0 aliphatic heterocycles. The molecule has 0 fully saturated rings. The number of aromatic nitrogens is 3. The third-order valence-electron chi connectivity index (χ3n) is 1.84. The van der Waals surface area contributed by atoms with Crippen LogP contribution in [0.4, 0.5) is 10.3 Å². The lowest BCUT2D eigenvalue weighted by molar-refractivity contribution is 0.102. The van der Waals surface area contributed by atoms with Gasteiger partial charge in [0.1, 0.15) is 12.1 Å². The number of nitrogens with zero attached hydrogens (tertiary/aromatic N) is 2. The quantitative estimate of drug-likeness (QED) is 0.886. The van der Waals surface area contributed by atoms with Crippen molar-refractivity contribution in [2.45, 2.75) is 0 Å². The predicted molar refractivity (Wildman–Crippen MR) is 58.4 cm³/mol. The molecule has 0 aliphatic carbocycles. The summed E-state index contributed by atoms with van der Waals surface area (Å²) in [7, 11) is 0. The molecule has 16 heavy (non-hydrogen) atoms. The lowest BCUT2D eigenvalue weighted by Gasteiger charge is -2.03. The molecule has 82 valence electrons. The Bertz CT molecular complexity index is 514. The van der Waals surface area contributed by atoms with Crippen LogP contribution >= 0.6 is 15.9 Å². The highest BCUT2D eigenvalue weighted by Gasteiger charge is 2.14. The van der Waals surface area contributed by atoms with Gasteiger partial charge in [0.05, 0.1) is 10.0 Å². The number of hydrogen-bond donors (Lipinski definition) is 2. The van der Waals surface area contributed by atoms with E-state index in [9.17, 15) is 9.18 Å². The molecule has 0 aliphatic rings. The van der Waals surface area contributed by atoms with E-state index in [-0.39, 0.29) is 16.0 Å². The highest BCUT2D eigenvalue weighted by Crippen LogP contribution is 2.19. The van der Waals surface area contributed by atoms with Crippen molar-refractivity contribution in [2.75, 3.05) is 5.32 Å². The normalized spacial score (nSPS) is 10.1. The van der Waals surface area contributed by atoms with Gasteiger partial charge in [-0.1, -0.05) is 6.07 Å². The van der Waals surface area contributed by atoms with Crippen LogP contribution in [0.2, 0.25) is 0 Å². The molecule has 2 aromatic rings. The molecule has 0 spiro atoms. The minimum Gasteiger partial charge on any atom is -0.291 e. The van der Waals surface area contributed by atoms with E-state index in [0.29, 0.717) is 0 Å². The molecule has 0 saturated heterocycles. The van der Waals surface area contributed by atoms with E-state index < -0.39 is 11.7 Å². The van der Waals surface area contributed by atoms with Crippen LogP contribution in [0.25, 0.3) is 0 Å². The number of benzene rings is 1. The van der Waals surface area contributed by atoms with Gasteiger partial charge in [0.2, 0.25) is 5.95 Å². The standard InChI is InChI=1S/C9H6BrFN4O/c10-6-3-1-2-5(7(6)11)8(16)14-9-12-4-13-15-9/h1-4H,(H2,12,13,14,15,16). The van der Waals surface area contributed by atoms with Gasteiger partial charge in [-0.2, -0.15) is 10.1 Å². The average Bonchev–Trinajstić information content (AvgIpc) is 2.74. The van der Waals surface area contributed by atoms with Crippen LogP contribution in [-0.2, 0) is 0 Å². The lowest BCUT2D eigenvalue weighted by atomic mass is 10.2. The zero-order valence-electron chi connectivity index (χ0n) is 7.87. The molecule has 1 aromatic carbocycles. The Labute approximate surface area is 98.2 Å². The predicted octanol–water partition coefficient (Wildman–Crippen LogP) is 1.96. The maximum atomic E-state index is 13.5. The number of rotatable bonds is 2. The number of carbonyl (C=O) groups excluding carboxylic acids is 1. The summed E-state index contributed by atoms with van der Waals surface area (Å²) in [5.41, 5.74) is -0.0641. The van der Waals surface area contributed by atoms with Crippen LogP contribution in [0, 0.1) is 5.82 Å². The summed E-state index contributed by atoms with van der Waals surface area (Å²) in [6.07, 6.45) is 1.24. The first-order valence-corrected chi connectivity index (χ1v) is 5.08. The number of amides is 1. The number of H-pyrrole nitrogens is 1. The molecule has 2 N–H and O–H groups in total. The first-order chi connectivity index (χ1) is 7.68. The van der Waals surface area contributed by atoms with Crippen LogP contribution < -0.4 is 5.32 Å². The molecule has 1 amide bonds. The molecule has 0 saturated carbocycles. The smallest absolute Gasteiger partial charge is 0.261 e. The monoisotopic (exact) mass is 284 g/mol. The second-order valence-corrected chi connectivity index (χ2v) is 3.74. The van der Waals surface area contributed by atoms with E-state index in [1.807, 2.05) is 0 Å². The SMILES string of the molecule is O=C(Nc1ncn[nH]1)c1cccc(Br)c1F. The minimum absolute atomic E-state index is 0.0641.